The predicted molar refractivity (Wildman–Crippen MR) is 173 cm³/mol. The zero-order chi connectivity index (χ0) is 34.9. The average molecular weight is 700 g/mol. The smallest absolute Gasteiger partial charge is 0.435 e. The highest BCUT2D eigenvalue weighted by Crippen LogP contribution is 2.37. The van der Waals surface area contributed by atoms with Crippen LogP contribution in [0.2, 0.25) is 5.02 Å². The van der Waals surface area contributed by atoms with Crippen LogP contribution in [-0.4, -0.2) is 98.2 Å². The maximum atomic E-state index is 14.1. The Kier molecular flexibility index (Phi) is 9.61. The maximum absolute atomic E-state index is 14.1. The van der Waals surface area contributed by atoms with Crippen molar-refractivity contribution in [3.8, 4) is 23.0 Å². The molecule has 2 aliphatic heterocycles. The largest absolute Gasteiger partial charge is 0.481 e. The number of amides is 3. The van der Waals surface area contributed by atoms with Crippen LogP contribution in [0.5, 0.6) is 5.88 Å². The topological polar surface area (TPSA) is 140 Å². The average Bonchev–Trinajstić information content (AvgIpc) is 3.72. The summed E-state index contributed by atoms with van der Waals surface area (Å²) in [6, 6.07) is 9.01. The Labute approximate surface area is 284 Å². The van der Waals surface area contributed by atoms with Crippen molar-refractivity contribution < 1.29 is 32.3 Å². The van der Waals surface area contributed by atoms with E-state index in [0.29, 0.717) is 26.2 Å². The number of carbonyl (C=O) groups is 3. The first-order valence-corrected chi connectivity index (χ1v) is 15.9. The Morgan fingerprint density at radius 3 is 2.43 bits per heavy atom. The van der Waals surface area contributed by atoms with Gasteiger partial charge in [0, 0.05) is 57.1 Å². The molecule has 17 heteroatoms. The van der Waals surface area contributed by atoms with Crippen molar-refractivity contribution in [1.82, 2.24) is 39.4 Å². The van der Waals surface area contributed by atoms with Gasteiger partial charge in [-0.15, -0.1) is 0 Å². The molecule has 3 aromatic heterocycles. The van der Waals surface area contributed by atoms with E-state index in [2.05, 4.69) is 25.7 Å². The van der Waals surface area contributed by atoms with Gasteiger partial charge in [0.15, 0.2) is 17.3 Å². The monoisotopic (exact) mass is 699 g/mol. The third-order valence-electron chi connectivity index (χ3n) is 8.63. The molecule has 0 atom stereocenters. The summed E-state index contributed by atoms with van der Waals surface area (Å²) in [6.45, 7) is 3.27. The number of nitrogens with one attached hydrogen (secondary N) is 2. The van der Waals surface area contributed by atoms with Crippen LogP contribution in [0.4, 0.5) is 18.9 Å². The number of imidazole rings is 1. The fourth-order valence-corrected chi connectivity index (χ4v) is 6.25. The van der Waals surface area contributed by atoms with Gasteiger partial charge in [-0.3, -0.25) is 14.4 Å². The lowest BCUT2D eigenvalue weighted by Gasteiger charge is -2.37. The van der Waals surface area contributed by atoms with E-state index in [0.717, 1.165) is 43.0 Å². The quantitative estimate of drug-likeness (QED) is 0.296. The Balaban J connectivity index is 1.14. The minimum Gasteiger partial charge on any atom is -0.481 e. The molecule has 3 amide bonds. The summed E-state index contributed by atoms with van der Waals surface area (Å²) in [6.07, 6.45) is -0.888. The number of carbonyl (C=O) groups excluding carboxylic acids is 3. The number of aromatic nitrogens is 5. The SMILES string of the molecule is COc1cccc(-n2cc(-c3cnc(C(=O)Nc4ccc(C(=O)N5CCN(C(=O)C6CCNCC6)CC5)c(Cl)c4)n3C)c(C(F)(F)F)n2)n1. The standard InChI is InChI=1S/C32H33ClF3N9O4/c1-42-24(22-18-45(41-27(22)32(34,35)36)25-4-3-5-26(40-25)49-2)17-38-28(42)29(46)39-20-6-7-21(23(33)16-20)31(48)44-14-12-43(13-15-44)30(47)19-8-10-37-11-9-19/h3-7,16-19,37H,8-15H2,1-2H3,(H,39,46). The number of pyridine rings is 1. The summed E-state index contributed by atoms with van der Waals surface area (Å²) < 4.78 is 49.5. The number of piperidine rings is 1. The van der Waals surface area contributed by atoms with Gasteiger partial charge in [-0.05, 0) is 50.2 Å². The van der Waals surface area contributed by atoms with Gasteiger partial charge in [-0.2, -0.15) is 23.3 Å². The summed E-state index contributed by atoms with van der Waals surface area (Å²) >= 11 is 6.48. The number of anilines is 1. The van der Waals surface area contributed by atoms with Crippen molar-refractivity contribution in [2.75, 3.05) is 51.7 Å². The Morgan fingerprint density at radius 1 is 1.04 bits per heavy atom. The number of nitrogens with zero attached hydrogens (tertiary/aromatic N) is 7. The molecule has 5 heterocycles. The van der Waals surface area contributed by atoms with Gasteiger partial charge in [0.25, 0.3) is 11.8 Å². The summed E-state index contributed by atoms with van der Waals surface area (Å²) in [5, 5.41) is 9.73. The normalized spacial score (nSPS) is 15.7. The highest BCUT2D eigenvalue weighted by molar-refractivity contribution is 6.34. The van der Waals surface area contributed by atoms with Crippen molar-refractivity contribution in [3.05, 3.63) is 70.9 Å². The molecule has 49 heavy (non-hydrogen) atoms. The third-order valence-corrected chi connectivity index (χ3v) is 8.94. The fourth-order valence-electron chi connectivity index (χ4n) is 5.98. The highest BCUT2D eigenvalue weighted by Gasteiger charge is 2.39. The molecule has 0 radical (unpaired) electrons. The molecular formula is C32H33ClF3N9O4. The summed E-state index contributed by atoms with van der Waals surface area (Å²) in [4.78, 5) is 51.1. The molecule has 2 aliphatic rings. The second-order valence-electron chi connectivity index (χ2n) is 11.7. The molecule has 0 bridgehead atoms. The van der Waals surface area contributed by atoms with Crippen molar-refractivity contribution in [1.29, 1.82) is 0 Å². The van der Waals surface area contributed by atoms with E-state index >= 15 is 0 Å². The van der Waals surface area contributed by atoms with Crippen LogP contribution in [0.15, 0.2) is 48.8 Å². The minimum absolute atomic E-state index is 0.0108. The third kappa shape index (κ3) is 7.10. The molecule has 2 N–H and O–H groups in total. The number of piperazine rings is 1. The number of halogens is 4. The predicted octanol–water partition coefficient (Wildman–Crippen LogP) is 3.88. The van der Waals surface area contributed by atoms with Crippen molar-refractivity contribution in [3.63, 3.8) is 0 Å². The molecular weight excluding hydrogens is 667 g/mol. The van der Waals surface area contributed by atoms with E-state index in [1.165, 1.54) is 43.0 Å². The van der Waals surface area contributed by atoms with Gasteiger partial charge in [-0.1, -0.05) is 17.7 Å². The molecule has 0 saturated carbocycles. The Morgan fingerprint density at radius 2 is 1.76 bits per heavy atom. The van der Waals surface area contributed by atoms with Crippen molar-refractivity contribution in [2.45, 2.75) is 19.0 Å². The Hall–Kier alpha value is -4.96. The molecule has 0 unspecified atom stereocenters. The van der Waals surface area contributed by atoms with Gasteiger partial charge in [0.2, 0.25) is 11.8 Å². The van der Waals surface area contributed by atoms with Crippen LogP contribution in [0.3, 0.4) is 0 Å². The molecule has 4 aromatic rings. The number of methoxy groups -OCH3 is 1. The van der Waals surface area contributed by atoms with Gasteiger partial charge in [0.05, 0.1) is 35.2 Å². The van der Waals surface area contributed by atoms with Crippen molar-refractivity contribution >= 4 is 35.0 Å². The zero-order valence-electron chi connectivity index (χ0n) is 26.6. The number of benzene rings is 1. The molecule has 6 rings (SSSR count). The molecule has 258 valence electrons. The van der Waals surface area contributed by atoms with E-state index in [-0.39, 0.29) is 62.8 Å². The molecule has 0 aliphatic carbocycles. The second-order valence-corrected chi connectivity index (χ2v) is 12.1. The van der Waals surface area contributed by atoms with E-state index < -0.39 is 17.8 Å². The molecule has 2 fully saturated rings. The summed E-state index contributed by atoms with van der Waals surface area (Å²) in [7, 11) is 2.79. The molecule has 2 saturated heterocycles. The van der Waals surface area contributed by atoms with Crippen LogP contribution in [0, 0.1) is 5.92 Å². The van der Waals surface area contributed by atoms with Crippen LogP contribution in [0.25, 0.3) is 17.1 Å². The Bertz CT molecular complexity index is 1880. The lowest BCUT2D eigenvalue weighted by molar-refractivity contribution is -0.141. The van der Waals surface area contributed by atoms with Crippen LogP contribution >= 0.6 is 11.6 Å². The lowest BCUT2D eigenvalue weighted by atomic mass is 9.96. The maximum Gasteiger partial charge on any atom is 0.435 e. The van der Waals surface area contributed by atoms with Gasteiger partial charge in [-0.25, -0.2) is 9.67 Å². The van der Waals surface area contributed by atoms with Gasteiger partial charge < -0.3 is 29.7 Å². The lowest BCUT2D eigenvalue weighted by Crippen LogP contribution is -2.52. The van der Waals surface area contributed by atoms with Crippen LogP contribution in [-0.2, 0) is 18.0 Å². The second kappa shape index (κ2) is 13.9. The highest BCUT2D eigenvalue weighted by atomic mass is 35.5. The number of hydrogen-bond acceptors (Lipinski definition) is 8. The first-order chi connectivity index (χ1) is 23.4. The summed E-state index contributed by atoms with van der Waals surface area (Å²) in [5.41, 5.74) is -1.02. The van der Waals surface area contributed by atoms with Crippen LogP contribution < -0.4 is 15.4 Å². The van der Waals surface area contributed by atoms with Gasteiger partial charge in [0.1, 0.15) is 0 Å². The van der Waals surface area contributed by atoms with E-state index in [4.69, 9.17) is 16.3 Å². The van der Waals surface area contributed by atoms with E-state index in [1.54, 1.807) is 17.0 Å². The summed E-state index contributed by atoms with van der Waals surface area (Å²) in [5.74, 6) is -0.753. The number of ether oxygens (including phenoxy) is 1. The molecule has 0 spiro atoms. The van der Waals surface area contributed by atoms with Gasteiger partial charge >= 0.3 is 6.18 Å². The molecule has 13 nitrogen and oxygen atoms in total. The zero-order valence-corrected chi connectivity index (χ0v) is 27.4. The molecule has 1 aromatic carbocycles. The minimum atomic E-state index is -4.82. The first kappa shape index (κ1) is 33.9. The first-order valence-electron chi connectivity index (χ1n) is 15.5. The number of alkyl halides is 3. The number of hydrogen-bond donors (Lipinski definition) is 2. The van der Waals surface area contributed by atoms with E-state index in [1.807, 2.05) is 4.90 Å². The fraction of sp³-hybridized carbons (Fsp3) is 0.375. The van der Waals surface area contributed by atoms with Crippen molar-refractivity contribution in [2.24, 2.45) is 13.0 Å². The van der Waals surface area contributed by atoms with Crippen LogP contribution in [0.1, 0.15) is 39.5 Å². The number of rotatable bonds is 7. The van der Waals surface area contributed by atoms with E-state index in [9.17, 15) is 27.6 Å².